The summed E-state index contributed by atoms with van der Waals surface area (Å²) < 4.78 is 14.8. The number of fused-ring (bicyclic) bond motifs is 1. The Kier molecular flexibility index (Phi) is 5.16. The summed E-state index contributed by atoms with van der Waals surface area (Å²) in [5.74, 6) is -0.350. The molecule has 1 unspecified atom stereocenters. The predicted octanol–water partition coefficient (Wildman–Crippen LogP) is 4.13. The molecule has 0 saturated carbocycles. The van der Waals surface area contributed by atoms with Gasteiger partial charge in [0.05, 0.1) is 16.1 Å². The third-order valence-corrected chi connectivity index (χ3v) is 4.83. The number of nitrogens with zero attached hydrogens (tertiary/aromatic N) is 2. The van der Waals surface area contributed by atoms with Gasteiger partial charge >= 0.3 is 5.69 Å². The molecule has 138 valence electrons. The molecule has 3 rings (SSSR count). The summed E-state index contributed by atoms with van der Waals surface area (Å²) in [6, 6.07) is 5.92. The fourth-order valence-corrected chi connectivity index (χ4v) is 3.47. The van der Waals surface area contributed by atoms with Crippen LogP contribution in [0.1, 0.15) is 33.1 Å². The van der Waals surface area contributed by atoms with Crippen molar-refractivity contribution in [2.45, 2.75) is 45.3 Å². The molecule has 0 aliphatic carbocycles. The highest BCUT2D eigenvalue weighted by atomic mass is 35.5. The molecule has 0 saturated heterocycles. The van der Waals surface area contributed by atoms with Crippen LogP contribution in [0.25, 0.3) is 22.3 Å². The quantitative estimate of drug-likeness (QED) is 0.678. The summed E-state index contributed by atoms with van der Waals surface area (Å²) in [4.78, 5) is 19.4. The van der Waals surface area contributed by atoms with E-state index in [0.717, 1.165) is 6.42 Å². The Labute approximate surface area is 155 Å². The lowest BCUT2D eigenvalue weighted by atomic mass is 9.96. The van der Waals surface area contributed by atoms with Crippen molar-refractivity contribution >= 4 is 22.8 Å². The van der Waals surface area contributed by atoms with Crippen LogP contribution >= 0.6 is 11.6 Å². The molecule has 1 atom stereocenters. The van der Waals surface area contributed by atoms with Crippen molar-refractivity contribution in [3.05, 3.63) is 51.8 Å². The molecule has 1 aromatic carbocycles. The second-order valence-corrected chi connectivity index (χ2v) is 7.17. The SMILES string of the molecule is CCCC(C)(O)CCn1c(=O)[nH]c2ncc(Cl)c(-c3ccc(F)cc3)c21. The van der Waals surface area contributed by atoms with Crippen molar-refractivity contribution in [1.29, 1.82) is 0 Å². The van der Waals surface area contributed by atoms with Gasteiger partial charge in [-0.15, -0.1) is 0 Å². The zero-order valence-corrected chi connectivity index (χ0v) is 15.5. The zero-order valence-electron chi connectivity index (χ0n) is 14.7. The molecular weight excluding hydrogens is 357 g/mol. The molecule has 3 aromatic rings. The summed E-state index contributed by atoms with van der Waals surface area (Å²) in [6.07, 6.45) is 3.39. The van der Waals surface area contributed by atoms with Gasteiger partial charge in [-0.1, -0.05) is 37.1 Å². The first-order chi connectivity index (χ1) is 12.3. The highest BCUT2D eigenvalue weighted by Crippen LogP contribution is 2.33. The van der Waals surface area contributed by atoms with E-state index in [2.05, 4.69) is 9.97 Å². The number of pyridine rings is 1. The number of rotatable bonds is 6. The number of aliphatic hydroxyl groups is 1. The monoisotopic (exact) mass is 377 g/mol. The van der Waals surface area contributed by atoms with Gasteiger partial charge in [-0.25, -0.2) is 14.2 Å². The largest absolute Gasteiger partial charge is 0.390 e. The molecule has 7 heteroatoms. The number of H-pyrrole nitrogens is 1. The third kappa shape index (κ3) is 3.66. The first-order valence-corrected chi connectivity index (χ1v) is 8.95. The van der Waals surface area contributed by atoms with Crippen LogP contribution in [0.2, 0.25) is 5.02 Å². The van der Waals surface area contributed by atoms with E-state index in [-0.39, 0.29) is 11.5 Å². The van der Waals surface area contributed by atoms with Crippen LogP contribution < -0.4 is 5.69 Å². The maximum atomic E-state index is 13.3. The van der Waals surface area contributed by atoms with Crippen molar-refractivity contribution in [2.24, 2.45) is 0 Å². The number of imidazole rings is 1. The van der Waals surface area contributed by atoms with Gasteiger partial charge in [-0.05, 0) is 37.5 Å². The molecule has 26 heavy (non-hydrogen) atoms. The van der Waals surface area contributed by atoms with Gasteiger partial charge in [0.25, 0.3) is 0 Å². The van der Waals surface area contributed by atoms with Gasteiger partial charge in [0.15, 0.2) is 5.65 Å². The Hall–Kier alpha value is -2.18. The number of aromatic nitrogens is 3. The second-order valence-electron chi connectivity index (χ2n) is 6.76. The van der Waals surface area contributed by atoms with Crippen LogP contribution in [-0.4, -0.2) is 25.2 Å². The van der Waals surface area contributed by atoms with Crippen molar-refractivity contribution in [2.75, 3.05) is 0 Å². The number of hydrogen-bond donors (Lipinski definition) is 2. The minimum Gasteiger partial charge on any atom is -0.390 e. The molecule has 2 aromatic heterocycles. The normalized spacial score (nSPS) is 13.9. The van der Waals surface area contributed by atoms with E-state index in [4.69, 9.17) is 11.6 Å². The number of benzene rings is 1. The molecule has 0 spiro atoms. The summed E-state index contributed by atoms with van der Waals surface area (Å²) in [5.41, 5.74) is 1.10. The van der Waals surface area contributed by atoms with E-state index >= 15 is 0 Å². The molecule has 2 heterocycles. The molecule has 0 fully saturated rings. The van der Waals surface area contributed by atoms with Crippen LogP contribution in [0.15, 0.2) is 35.3 Å². The van der Waals surface area contributed by atoms with Crippen LogP contribution in [0.3, 0.4) is 0 Å². The van der Waals surface area contributed by atoms with E-state index in [9.17, 15) is 14.3 Å². The lowest BCUT2D eigenvalue weighted by Gasteiger charge is -2.22. The van der Waals surface area contributed by atoms with Gasteiger partial charge in [0, 0.05) is 18.3 Å². The Morgan fingerprint density at radius 1 is 1.31 bits per heavy atom. The minimum absolute atomic E-state index is 0.314. The highest BCUT2D eigenvalue weighted by Gasteiger charge is 2.22. The van der Waals surface area contributed by atoms with E-state index < -0.39 is 5.60 Å². The summed E-state index contributed by atoms with van der Waals surface area (Å²) >= 11 is 6.36. The van der Waals surface area contributed by atoms with Gasteiger partial charge in [-0.3, -0.25) is 9.55 Å². The van der Waals surface area contributed by atoms with Crippen molar-refractivity contribution in [3.8, 4) is 11.1 Å². The third-order valence-electron chi connectivity index (χ3n) is 4.54. The van der Waals surface area contributed by atoms with E-state index in [1.54, 1.807) is 19.1 Å². The topological polar surface area (TPSA) is 70.9 Å². The molecule has 0 aliphatic rings. The number of aromatic amines is 1. The first-order valence-electron chi connectivity index (χ1n) is 8.58. The van der Waals surface area contributed by atoms with E-state index in [1.165, 1.54) is 22.9 Å². The second kappa shape index (κ2) is 7.21. The van der Waals surface area contributed by atoms with Crippen LogP contribution in [0, 0.1) is 5.82 Å². The number of nitrogens with one attached hydrogen (secondary N) is 1. The number of halogens is 2. The maximum absolute atomic E-state index is 13.3. The summed E-state index contributed by atoms with van der Waals surface area (Å²) in [7, 11) is 0. The minimum atomic E-state index is -0.861. The van der Waals surface area contributed by atoms with Crippen LogP contribution in [-0.2, 0) is 6.54 Å². The molecule has 0 amide bonds. The average molecular weight is 378 g/mol. The lowest BCUT2D eigenvalue weighted by Crippen LogP contribution is -2.28. The molecular formula is C19H21ClFN3O2. The zero-order chi connectivity index (χ0) is 18.9. The van der Waals surface area contributed by atoms with Crippen LogP contribution in [0.5, 0.6) is 0 Å². The van der Waals surface area contributed by atoms with Gasteiger partial charge in [0.2, 0.25) is 0 Å². The Morgan fingerprint density at radius 2 is 2.00 bits per heavy atom. The average Bonchev–Trinajstić information content (AvgIpc) is 2.90. The van der Waals surface area contributed by atoms with E-state index in [1.807, 2.05) is 6.92 Å². The standard InChI is InChI=1S/C19H21ClFN3O2/c1-3-8-19(2,26)9-10-24-16-15(12-4-6-13(21)7-5-12)14(20)11-22-17(16)23-18(24)25/h4-7,11,26H,3,8-10H2,1-2H3,(H,22,23,25). The van der Waals surface area contributed by atoms with Crippen LogP contribution in [0.4, 0.5) is 4.39 Å². The van der Waals surface area contributed by atoms with Gasteiger partial charge in [-0.2, -0.15) is 0 Å². The summed E-state index contributed by atoms with van der Waals surface area (Å²) in [6.45, 7) is 4.09. The Bertz CT molecular complexity index is 977. The maximum Gasteiger partial charge on any atom is 0.327 e. The number of aryl methyl sites for hydroxylation is 1. The van der Waals surface area contributed by atoms with Gasteiger partial charge in [0.1, 0.15) is 5.82 Å². The predicted molar refractivity (Wildman–Crippen MR) is 101 cm³/mol. The van der Waals surface area contributed by atoms with Gasteiger partial charge < -0.3 is 5.11 Å². The van der Waals surface area contributed by atoms with Crippen molar-refractivity contribution in [1.82, 2.24) is 14.5 Å². The number of hydrogen-bond acceptors (Lipinski definition) is 3. The molecule has 0 bridgehead atoms. The van der Waals surface area contributed by atoms with E-state index in [0.29, 0.717) is 46.7 Å². The van der Waals surface area contributed by atoms with Crippen molar-refractivity contribution < 1.29 is 9.50 Å². The smallest absolute Gasteiger partial charge is 0.327 e. The Morgan fingerprint density at radius 3 is 2.65 bits per heavy atom. The molecule has 0 radical (unpaired) electrons. The summed E-state index contributed by atoms with van der Waals surface area (Å²) in [5, 5.41) is 10.8. The fourth-order valence-electron chi connectivity index (χ4n) is 3.22. The lowest BCUT2D eigenvalue weighted by molar-refractivity contribution is 0.0370. The van der Waals surface area contributed by atoms with Crippen molar-refractivity contribution in [3.63, 3.8) is 0 Å². The Balaban J connectivity index is 2.12. The first kappa shape index (κ1) is 18.6. The highest BCUT2D eigenvalue weighted by molar-refractivity contribution is 6.34. The molecule has 2 N–H and O–H groups in total. The fraction of sp³-hybridized carbons (Fsp3) is 0.368. The molecule has 5 nitrogen and oxygen atoms in total. The molecule has 0 aliphatic heterocycles.